The molecule has 0 saturated heterocycles. The van der Waals surface area contributed by atoms with Gasteiger partial charge in [0.2, 0.25) is 0 Å². The van der Waals surface area contributed by atoms with Crippen molar-refractivity contribution in [2.24, 2.45) is 0 Å². The second-order valence-electron chi connectivity index (χ2n) is 11.3. The van der Waals surface area contributed by atoms with Crippen LogP contribution in [-0.2, 0) is 5.41 Å². The average molecular weight is 501 g/mol. The van der Waals surface area contributed by atoms with E-state index in [-0.39, 0.29) is 5.41 Å². The number of thiophene rings is 1. The highest BCUT2D eigenvalue weighted by atomic mass is 32.1. The Morgan fingerprint density at radius 3 is 1.72 bits per heavy atom. The van der Waals surface area contributed by atoms with Crippen molar-refractivity contribution in [3.63, 3.8) is 0 Å². The zero-order valence-electron chi connectivity index (χ0n) is 23.4. The van der Waals surface area contributed by atoms with E-state index < -0.39 is 0 Å². The second kappa shape index (κ2) is 13.1. The van der Waals surface area contributed by atoms with Gasteiger partial charge in [0.15, 0.2) is 0 Å². The van der Waals surface area contributed by atoms with E-state index in [0.717, 1.165) is 0 Å². The Labute approximate surface area is 225 Å². The van der Waals surface area contributed by atoms with Crippen molar-refractivity contribution in [1.82, 2.24) is 0 Å². The van der Waals surface area contributed by atoms with Gasteiger partial charge in [0.1, 0.15) is 0 Å². The van der Waals surface area contributed by atoms with Crippen molar-refractivity contribution in [2.45, 2.75) is 123 Å². The van der Waals surface area contributed by atoms with E-state index in [1.807, 2.05) is 11.3 Å². The number of fused-ring (bicyclic) bond motifs is 3. The van der Waals surface area contributed by atoms with Crippen LogP contribution in [0.3, 0.4) is 0 Å². The summed E-state index contributed by atoms with van der Waals surface area (Å²) in [5.41, 5.74) is 9.24. The first-order valence-electron chi connectivity index (χ1n) is 14.9. The van der Waals surface area contributed by atoms with Crippen molar-refractivity contribution in [3.8, 4) is 21.6 Å². The molecule has 1 heterocycles. The highest BCUT2D eigenvalue weighted by molar-refractivity contribution is 7.15. The van der Waals surface area contributed by atoms with Crippen molar-refractivity contribution in [2.75, 3.05) is 0 Å². The van der Waals surface area contributed by atoms with Gasteiger partial charge in [0.25, 0.3) is 0 Å². The van der Waals surface area contributed by atoms with E-state index in [4.69, 9.17) is 0 Å². The van der Waals surface area contributed by atoms with Gasteiger partial charge in [-0.25, -0.2) is 0 Å². The minimum atomic E-state index is 0.175. The van der Waals surface area contributed by atoms with Crippen molar-refractivity contribution < 1.29 is 0 Å². The third-order valence-electron chi connectivity index (χ3n) is 8.46. The van der Waals surface area contributed by atoms with Crippen LogP contribution in [0.15, 0.2) is 48.5 Å². The standard InChI is InChI=1S/C35H48S/c1-5-7-9-11-13-15-23-35(24-16-14-12-10-8-6-2)32-25-27(3)17-20-30(32)31-21-19-29(26-33(31)35)34-22-18-28(4)36-34/h17-22,25-26H,5-16,23-24H2,1-4H3. The van der Waals surface area contributed by atoms with Gasteiger partial charge < -0.3 is 0 Å². The molecule has 0 atom stereocenters. The summed E-state index contributed by atoms with van der Waals surface area (Å²) >= 11 is 1.93. The normalized spacial score (nSPS) is 13.7. The number of rotatable bonds is 15. The molecule has 0 nitrogen and oxygen atoms in total. The molecule has 2 aromatic carbocycles. The van der Waals surface area contributed by atoms with E-state index in [0.29, 0.717) is 0 Å². The fraction of sp³-hybridized carbons (Fsp3) is 0.543. The Morgan fingerprint density at radius 1 is 0.583 bits per heavy atom. The van der Waals surface area contributed by atoms with E-state index >= 15 is 0 Å². The summed E-state index contributed by atoms with van der Waals surface area (Å²) in [4.78, 5) is 2.81. The van der Waals surface area contributed by atoms with Gasteiger partial charge in [-0.1, -0.05) is 127 Å². The van der Waals surface area contributed by atoms with Gasteiger partial charge in [0, 0.05) is 15.2 Å². The Balaban J connectivity index is 1.68. The fourth-order valence-electron chi connectivity index (χ4n) is 6.43. The maximum Gasteiger partial charge on any atom is 0.0345 e. The number of aryl methyl sites for hydroxylation is 2. The molecule has 1 heteroatoms. The Morgan fingerprint density at radius 2 is 1.14 bits per heavy atom. The van der Waals surface area contributed by atoms with Crippen LogP contribution in [0.25, 0.3) is 21.6 Å². The lowest BCUT2D eigenvalue weighted by Gasteiger charge is -2.33. The molecule has 0 spiro atoms. The molecule has 0 amide bonds. The molecule has 0 radical (unpaired) electrons. The quantitative estimate of drug-likeness (QED) is 0.182. The Bertz CT molecular complexity index is 1090. The molecule has 1 aliphatic carbocycles. The number of hydrogen-bond donors (Lipinski definition) is 0. The molecule has 0 bridgehead atoms. The highest BCUT2D eigenvalue weighted by Crippen LogP contribution is 2.55. The van der Waals surface area contributed by atoms with Crippen molar-refractivity contribution in [3.05, 3.63) is 70.1 Å². The summed E-state index contributed by atoms with van der Waals surface area (Å²) < 4.78 is 0. The average Bonchev–Trinajstić information content (AvgIpc) is 3.43. The lowest BCUT2D eigenvalue weighted by molar-refractivity contribution is 0.398. The van der Waals surface area contributed by atoms with E-state index in [2.05, 4.69) is 76.2 Å². The zero-order valence-corrected chi connectivity index (χ0v) is 24.2. The van der Waals surface area contributed by atoms with E-state index in [1.165, 1.54) is 122 Å². The predicted molar refractivity (Wildman–Crippen MR) is 161 cm³/mol. The molecule has 3 aromatic rings. The zero-order chi connectivity index (χ0) is 25.4. The monoisotopic (exact) mass is 500 g/mol. The summed E-state index contributed by atoms with van der Waals surface area (Å²) in [5.74, 6) is 0. The molecule has 1 aliphatic rings. The third kappa shape index (κ3) is 6.16. The van der Waals surface area contributed by atoms with E-state index in [1.54, 1.807) is 11.1 Å². The van der Waals surface area contributed by atoms with Crippen LogP contribution < -0.4 is 0 Å². The van der Waals surface area contributed by atoms with Crippen LogP contribution in [0.2, 0.25) is 0 Å². The molecule has 194 valence electrons. The molecule has 36 heavy (non-hydrogen) atoms. The van der Waals surface area contributed by atoms with Crippen LogP contribution in [0.1, 0.15) is 125 Å². The molecule has 0 N–H and O–H groups in total. The van der Waals surface area contributed by atoms with Crippen LogP contribution in [0.5, 0.6) is 0 Å². The Kier molecular flexibility index (Phi) is 9.88. The SMILES string of the molecule is CCCCCCCCC1(CCCCCCCC)c2cc(C)ccc2-c2ccc(-c3ccc(C)s3)cc21. The van der Waals surface area contributed by atoms with Gasteiger partial charge in [-0.05, 0) is 72.7 Å². The molecule has 0 fully saturated rings. The van der Waals surface area contributed by atoms with Crippen molar-refractivity contribution in [1.29, 1.82) is 0 Å². The van der Waals surface area contributed by atoms with Gasteiger partial charge in [-0.3, -0.25) is 0 Å². The maximum atomic E-state index is 2.59. The molecule has 1 aromatic heterocycles. The summed E-state index contributed by atoms with van der Waals surface area (Å²) in [7, 11) is 0. The summed E-state index contributed by atoms with van der Waals surface area (Å²) in [5, 5.41) is 0. The first-order valence-corrected chi connectivity index (χ1v) is 15.7. The van der Waals surface area contributed by atoms with Gasteiger partial charge >= 0.3 is 0 Å². The number of benzene rings is 2. The van der Waals surface area contributed by atoms with Crippen LogP contribution in [-0.4, -0.2) is 0 Å². The first-order chi connectivity index (χ1) is 17.6. The van der Waals surface area contributed by atoms with E-state index in [9.17, 15) is 0 Å². The molecular formula is C35H48S. The largest absolute Gasteiger partial charge is 0.141 e. The smallest absolute Gasteiger partial charge is 0.0345 e. The second-order valence-corrected chi connectivity index (χ2v) is 12.6. The van der Waals surface area contributed by atoms with Crippen LogP contribution in [0.4, 0.5) is 0 Å². The Hall–Kier alpha value is -1.86. The van der Waals surface area contributed by atoms with Crippen LogP contribution in [0, 0.1) is 13.8 Å². The third-order valence-corrected chi connectivity index (χ3v) is 9.50. The number of hydrogen-bond acceptors (Lipinski definition) is 1. The molecule has 0 unspecified atom stereocenters. The number of unbranched alkanes of at least 4 members (excludes halogenated alkanes) is 10. The molecular weight excluding hydrogens is 452 g/mol. The van der Waals surface area contributed by atoms with Crippen molar-refractivity contribution >= 4 is 11.3 Å². The highest BCUT2D eigenvalue weighted by Gasteiger charge is 2.42. The predicted octanol–water partition coefficient (Wildman–Crippen LogP) is 11.8. The first kappa shape index (κ1) is 27.2. The molecule has 4 rings (SSSR count). The summed E-state index contributed by atoms with van der Waals surface area (Å²) in [6.45, 7) is 9.14. The maximum absolute atomic E-state index is 2.59. The summed E-state index contributed by atoms with van der Waals surface area (Å²) in [6.07, 6.45) is 19.0. The van der Waals surface area contributed by atoms with Gasteiger partial charge in [-0.2, -0.15) is 0 Å². The lowest BCUT2D eigenvalue weighted by Crippen LogP contribution is -2.25. The summed E-state index contributed by atoms with van der Waals surface area (Å²) in [6, 6.07) is 19.3. The molecule has 0 aliphatic heterocycles. The van der Waals surface area contributed by atoms with Gasteiger partial charge in [0.05, 0.1) is 0 Å². The minimum absolute atomic E-state index is 0.175. The topological polar surface area (TPSA) is 0 Å². The van der Waals surface area contributed by atoms with Crippen LogP contribution >= 0.6 is 11.3 Å². The van der Waals surface area contributed by atoms with Gasteiger partial charge in [-0.15, -0.1) is 11.3 Å². The lowest BCUT2D eigenvalue weighted by atomic mass is 9.70. The fourth-order valence-corrected chi connectivity index (χ4v) is 7.29. The molecule has 0 saturated carbocycles. The minimum Gasteiger partial charge on any atom is -0.141 e.